The second kappa shape index (κ2) is 7.68. The number of rotatable bonds is 5. The lowest BCUT2D eigenvalue weighted by Gasteiger charge is -2.27. The lowest BCUT2D eigenvalue weighted by Crippen LogP contribution is -2.25. The second-order valence-electron chi connectivity index (χ2n) is 5.73. The van der Waals surface area contributed by atoms with E-state index >= 15 is 0 Å². The first kappa shape index (κ1) is 15.4. The highest BCUT2D eigenvalue weighted by Crippen LogP contribution is 2.32. The molecule has 1 aliphatic rings. The molecular formula is C17H23ClO2. The summed E-state index contributed by atoms with van der Waals surface area (Å²) in [4.78, 5) is 12.1. The van der Waals surface area contributed by atoms with Crippen molar-refractivity contribution in [1.82, 2.24) is 0 Å². The number of esters is 1. The number of hydrogen-bond donors (Lipinski definition) is 0. The first-order valence-corrected chi connectivity index (χ1v) is 8.04. The predicted molar refractivity (Wildman–Crippen MR) is 82.1 cm³/mol. The summed E-state index contributed by atoms with van der Waals surface area (Å²) in [5.41, 5.74) is 0. The highest BCUT2D eigenvalue weighted by Gasteiger charge is 2.27. The van der Waals surface area contributed by atoms with Crippen LogP contribution in [0.3, 0.4) is 0 Å². The molecule has 1 aliphatic carbocycles. The summed E-state index contributed by atoms with van der Waals surface area (Å²) in [5, 5.41) is 0.654. The summed E-state index contributed by atoms with van der Waals surface area (Å²) >= 11 is 5.81. The molecule has 20 heavy (non-hydrogen) atoms. The second-order valence-corrected chi connectivity index (χ2v) is 6.17. The van der Waals surface area contributed by atoms with Gasteiger partial charge < -0.3 is 4.74 Å². The van der Waals surface area contributed by atoms with Crippen molar-refractivity contribution in [3.63, 3.8) is 0 Å². The molecule has 1 fully saturated rings. The van der Waals surface area contributed by atoms with Gasteiger partial charge in [-0.1, -0.05) is 37.8 Å². The van der Waals surface area contributed by atoms with E-state index in [0.29, 0.717) is 10.8 Å². The molecule has 0 bridgehead atoms. The van der Waals surface area contributed by atoms with Gasteiger partial charge in [0.25, 0.3) is 0 Å². The van der Waals surface area contributed by atoms with E-state index in [2.05, 4.69) is 6.92 Å². The van der Waals surface area contributed by atoms with E-state index in [1.165, 1.54) is 32.1 Å². The summed E-state index contributed by atoms with van der Waals surface area (Å²) in [6, 6.07) is 6.97. The van der Waals surface area contributed by atoms with Gasteiger partial charge in [-0.25, -0.2) is 0 Å². The van der Waals surface area contributed by atoms with E-state index in [1.807, 2.05) is 0 Å². The fourth-order valence-electron chi connectivity index (χ4n) is 2.88. The third-order valence-electron chi connectivity index (χ3n) is 4.18. The smallest absolute Gasteiger partial charge is 0.314 e. The molecule has 0 radical (unpaired) electrons. The Morgan fingerprint density at radius 3 is 2.45 bits per heavy atom. The average molecular weight is 295 g/mol. The summed E-state index contributed by atoms with van der Waals surface area (Å²) < 4.78 is 5.43. The predicted octanol–water partition coefficient (Wildman–Crippen LogP) is 5.24. The van der Waals surface area contributed by atoms with Gasteiger partial charge in [0, 0.05) is 5.02 Å². The number of hydrogen-bond acceptors (Lipinski definition) is 2. The van der Waals surface area contributed by atoms with Crippen LogP contribution in [0.25, 0.3) is 0 Å². The van der Waals surface area contributed by atoms with Crippen molar-refractivity contribution in [2.75, 3.05) is 0 Å². The van der Waals surface area contributed by atoms with Crippen LogP contribution in [0.5, 0.6) is 5.75 Å². The molecule has 110 valence electrons. The van der Waals surface area contributed by atoms with Crippen molar-refractivity contribution >= 4 is 17.6 Å². The minimum absolute atomic E-state index is 0.0727. The fraction of sp³-hybridized carbons (Fsp3) is 0.588. The monoisotopic (exact) mass is 294 g/mol. The van der Waals surface area contributed by atoms with Crippen molar-refractivity contribution in [3.05, 3.63) is 29.3 Å². The standard InChI is InChI=1S/C17H23ClO2/c1-2-3-4-13-5-7-14(8-6-13)17(19)20-16-11-9-15(18)10-12-16/h9-14H,2-8H2,1H3. The van der Waals surface area contributed by atoms with Crippen LogP contribution in [0.2, 0.25) is 5.02 Å². The van der Waals surface area contributed by atoms with Crippen molar-refractivity contribution in [3.8, 4) is 5.75 Å². The zero-order valence-corrected chi connectivity index (χ0v) is 12.9. The number of halogens is 1. The van der Waals surface area contributed by atoms with Crippen LogP contribution in [0, 0.1) is 11.8 Å². The van der Waals surface area contributed by atoms with Gasteiger partial charge in [-0.05, 0) is 55.9 Å². The molecule has 0 amide bonds. The fourth-order valence-corrected chi connectivity index (χ4v) is 3.01. The van der Waals surface area contributed by atoms with Crippen LogP contribution in [0.15, 0.2) is 24.3 Å². The molecule has 0 heterocycles. The first-order chi connectivity index (χ1) is 9.69. The van der Waals surface area contributed by atoms with Gasteiger partial charge in [-0.2, -0.15) is 0 Å². The van der Waals surface area contributed by atoms with Crippen molar-refractivity contribution in [2.24, 2.45) is 11.8 Å². The number of carbonyl (C=O) groups is 1. The lowest BCUT2D eigenvalue weighted by atomic mass is 9.80. The van der Waals surface area contributed by atoms with Gasteiger partial charge in [-0.3, -0.25) is 4.79 Å². The van der Waals surface area contributed by atoms with Gasteiger partial charge in [-0.15, -0.1) is 0 Å². The normalized spacial score (nSPS) is 22.5. The molecule has 2 nitrogen and oxygen atoms in total. The van der Waals surface area contributed by atoms with Gasteiger partial charge in [0.05, 0.1) is 5.92 Å². The Morgan fingerprint density at radius 2 is 1.85 bits per heavy atom. The molecule has 1 aromatic rings. The minimum Gasteiger partial charge on any atom is -0.426 e. The molecule has 0 spiro atoms. The van der Waals surface area contributed by atoms with Crippen LogP contribution in [-0.4, -0.2) is 5.97 Å². The Bertz CT molecular complexity index is 419. The summed E-state index contributed by atoms with van der Waals surface area (Å²) in [6.45, 7) is 2.23. The van der Waals surface area contributed by atoms with Gasteiger partial charge in [0.1, 0.15) is 5.75 Å². The summed E-state index contributed by atoms with van der Waals surface area (Å²) in [5.74, 6) is 1.40. The Balaban J connectivity index is 1.78. The Labute approximate surface area is 126 Å². The van der Waals surface area contributed by atoms with Gasteiger partial charge in [0.2, 0.25) is 0 Å². The lowest BCUT2D eigenvalue weighted by molar-refractivity contribution is -0.140. The third-order valence-corrected chi connectivity index (χ3v) is 4.43. The van der Waals surface area contributed by atoms with Crippen LogP contribution in [0.1, 0.15) is 51.9 Å². The van der Waals surface area contributed by atoms with E-state index in [9.17, 15) is 4.79 Å². The largest absolute Gasteiger partial charge is 0.426 e. The molecule has 2 rings (SSSR count). The Kier molecular flexibility index (Phi) is 5.90. The first-order valence-electron chi connectivity index (χ1n) is 7.66. The molecule has 0 atom stereocenters. The van der Waals surface area contributed by atoms with Gasteiger partial charge >= 0.3 is 5.97 Å². The highest BCUT2D eigenvalue weighted by atomic mass is 35.5. The molecule has 1 saturated carbocycles. The molecule has 0 aromatic heterocycles. The molecule has 0 saturated heterocycles. The maximum Gasteiger partial charge on any atom is 0.314 e. The minimum atomic E-state index is -0.0822. The highest BCUT2D eigenvalue weighted by molar-refractivity contribution is 6.30. The Morgan fingerprint density at radius 1 is 1.20 bits per heavy atom. The van der Waals surface area contributed by atoms with E-state index < -0.39 is 0 Å². The van der Waals surface area contributed by atoms with Crippen LogP contribution < -0.4 is 4.74 Å². The molecular weight excluding hydrogens is 272 g/mol. The maximum absolute atomic E-state index is 12.1. The SMILES string of the molecule is CCCCC1CCC(C(=O)Oc2ccc(Cl)cc2)CC1. The third kappa shape index (κ3) is 4.52. The molecule has 0 aliphatic heterocycles. The summed E-state index contributed by atoms with van der Waals surface area (Å²) in [6.07, 6.45) is 8.17. The zero-order chi connectivity index (χ0) is 14.4. The van der Waals surface area contributed by atoms with Crippen molar-refractivity contribution < 1.29 is 9.53 Å². The van der Waals surface area contributed by atoms with Crippen LogP contribution in [-0.2, 0) is 4.79 Å². The van der Waals surface area contributed by atoms with E-state index in [1.54, 1.807) is 24.3 Å². The molecule has 0 unspecified atom stereocenters. The number of carbonyl (C=O) groups excluding carboxylic acids is 1. The quantitative estimate of drug-likeness (QED) is 0.548. The van der Waals surface area contributed by atoms with E-state index in [4.69, 9.17) is 16.3 Å². The number of ether oxygens (including phenoxy) is 1. The van der Waals surface area contributed by atoms with E-state index in [-0.39, 0.29) is 11.9 Å². The number of unbranched alkanes of at least 4 members (excludes halogenated alkanes) is 1. The molecule has 0 N–H and O–H groups in total. The average Bonchev–Trinajstić information content (AvgIpc) is 2.48. The van der Waals surface area contributed by atoms with E-state index in [0.717, 1.165) is 18.8 Å². The summed E-state index contributed by atoms with van der Waals surface area (Å²) in [7, 11) is 0. The maximum atomic E-state index is 12.1. The van der Waals surface area contributed by atoms with Crippen LogP contribution >= 0.6 is 11.6 Å². The van der Waals surface area contributed by atoms with Crippen molar-refractivity contribution in [2.45, 2.75) is 51.9 Å². The zero-order valence-electron chi connectivity index (χ0n) is 12.1. The number of benzene rings is 1. The van der Waals surface area contributed by atoms with Gasteiger partial charge in [0.15, 0.2) is 0 Å². The van der Waals surface area contributed by atoms with Crippen molar-refractivity contribution in [1.29, 1.82) is 0 Å². The topological polar surface area (TPSA) is 26.3 Å². The van der Waals surface area contributed by atoms with Crippen LogP contribution in [0.4, 0.5) is 0 Å². The molecule has 3 heteroatoms. The Hall–Kier alpha value is -1.02. The molecule has 1 aromatic carbocycles.